The van der Waals surface area contributed by atoms with Gasteiger partial charge in [-0.05, 0) is 36.6 Å². The first-order valence-electron chi connectivity index (χ1n) is 12.3. The molecule has 0 aromatic heterocycles. The summed E-state index contributed by atoms with van der Waals surface area (Å²) in [6.45, 7) is -0.628. The molecule has 9 atom stereocenters. The molecule has 1 aromatic carbocycles. The number of fused-ring (bicyclic) bond motifs is 1. The summed E-state index contributed by atoms with van der Waals surface area (Å²) in [6.07, 6.45) is -3.33. The highest BCUT2D eigenvalue weighted by atomic mass is 16.8. The first-order chi connectivity index (χ1) is 18.2. The van der Waals surface area contributed by atoms with Crippen molar-refractivity contribution < 1.29 is 58.8 Å². The Morgan fingerprint density at radius 2 is 1.79 bits per heavy atom. The fraction of sp³-hybridized carbons (Fsp3) is 0.538. The quantitative estimate of drug-likeness (QED) is 0.219. The molecule has 0 spiro atoms. The van der Waals surface area contributed by atoms with Crippen molar-refractivity contribution in [2.45, 2.75) is 49.8 Å². The fourth-order valence-corrected chi connectivity index (χ4v) is 5.13. The molecule has 2 fully saturated rings. The van der Waals surface area contributed by atoms with Crippen LogP contribution in [0, 0.1) is 17.8 Å². The van der Waals surface area contributed by atoms with E-state index in [2.05, 4.69) is 0 Å². The summed E-state index contributed by atoms with van der Waals surface area (Å²) >= 11 is 0. The predicted octanol–water partition coefficient (Wildman–Crippen LogP) is -0.179. The van der Waals surface area contributed by atoms with E-state index in [0.29, 0.717) is 24.0 Å². The van der Waals surface area contributed by atoms with E-state index in [-0.39, 0.29) is 24.2 Å². The van der Waals surface area contributed by atoms with Crippen LogP contribution in [0.4, 0.5) is 0 Å². The second-order valence-corrected chi connectivity index (χ2v) is 9.48. The summed E-state index contributed by atoms with van der Waals surface area (Å²) < 4.78 is 27.4. The maximum atomic E-state index is 12.4. The largest absolute Gasteiger partial charge is 0.508 e. The molecular formula is C26H32O12. The van der Waals surface area contributed by atoms with E-state index >= 15 is 0 Å². The third-order valence-corrected chi connectivity index (χ3v) is 7.18. The summed E-state index contributed by atoms with van der Waals surface area (Å²) in [6, 6.07) is 6.27. The average Bonchev–Trinajstić information content (AvgIpc) is 3.36. The Hall–Kier alpha value is -3.00. The van der Waals surface area contributed by atoms with Crippen LogP contribution in [0.2, 0.25) is 0 Å². The first kappa shape index (κ1) is 28.0. The number of ether oxygens (including phenoxy) is 5. The number of aromatic hydroxyl groups is 1. The lowest BCUT2D eigenvalue weighted by atomic mass is 9.83. The van der Waals surface area contributed by atoms with Gasteiger partial charge in [0.2, 0.25) is 6.29 Å². The Bertz CT molecular complexity index is 1040. The molecule has 0 radical (unpaired) electrons. The maximum Gasteiger partial charge on any atom is 0.337 e. The van der Waals surface area contributed by atoms with Gasteiger partial charge in [-0.25, -0.2) is 9.59 Å². The Morgan fingerprint density at radius 1 is 1.05 bits per heavy atom. The molecule has 1 saturated heterocycles. The van der Waals surface area contributed by atoms with Gasteiger partial charge in [0.1, 0.15) is 30.2 Å². The van der Waals surface area contributed by atoms with Gasteiger partial charge in [-0.3, -0.25) is 0 Å². The molecule has 2 heterocycles. The molecule has 12 nitrogen and oxygen atoms in total. The van der Waals surface area contributed by atoms with Crippen molar-refractivity contribution in [2.24, 2.45) is 17.8 Å². The van der Waals surface area contributed by atoms with E-state index in [1.807, 2.05) is 0 Å². The summed E-state index contributed by atoms with van der Waals surface area (Å²) in [4.78, 5) is 24.7. The Kier molecular flexibility index (Phi) is 9.03. The number of aliphatic hydroxyl groups excluding tert-OH is 4. The van der Waals surface area contributed by atoms with Crippen LogP contribution in [0.3, 0.4) is 0 Å². The molecule has 1 saturated carbocycles. The van der Waals surface area contributed by atoms with Crippen LogP contribution in [0.1, 0.15) is 18.4 Å². The van der Waals surface area contributed by atoms with Crippen LogP contribution >= 0.6 is 0 Å². The standard InChI is InChI=1S/C26H32O12/c1-34-24(33)17-12-36-25(38-26-23(32)22(31)21(30)18(10-27)37-26)20-14(5-8-16(17)20)11-35-19(29)9-4-13-2-6-15(28)7-3-13/h2-4,6-7,9,12,14,16,18,20-23,25-28,30-32H,5,8,10-11H2,1H3/b9-4-/t14-,16-,18+,20-,21-,22+,23+,25+,26+/m1/s1. The minimum absolute atomic E-state index is 0.00767. The van der Waals surface area contributed by atoms with Crippen LogP contribution in [0.15, 0.2) is 42.2 Å². The summed E-state index contributed by atoms with van der Waals surface area (Å²) in [5.41, 5.74) is 0.995. The summed E-state index contributed by atoms with van der Waals surface area (Å²) in [5, 5.41) is 49.4. The van der Waals surface area contributed by atoms with E-state index in [0.717, 1.165) is 0 Å². The SMILES string of the molecule is COC(=O)C1=CO[C@@H](O[C@@H]2O[C@@H](CO)[C@@H](O)[C@H](O)[C@@H]2O)[C@@H]2[C@@H](COC(=O)/C=C\c3ccc(O)cc3)CC[C@H]12. The molecule has 5 N–H and O–H groups in total. The number of rotatable bonds is 8. The third-order valence-electron chi connectivity index (χ3n) is 7.18. The van der Waals surface area contributed by atoms with Crippen molar-refractivity contribution in [3.05, 3.63) is 47.7 Å². The lowest BCUT2D eigenvalue weighted by Gasteiger charge is -2.43. The number of aliphatic hydroxyl groups is 4. The van der Waals surface area contributed by atoms with Gasteiger partial charge in [-0.15, -0.1) is 0 Å². The lowest BCUT2D eigenvalue weighted by Crippen LogP contribution is -2.60. The highest BCUT2D eigenvalue weighted by Gasteiger charge is 2.52. The number of carbonyl (C=O) groups excluding carboxylic acids is 2. The molecule has 0 amide bonds. The second-order valence-electron chi connectivity index (χ2n) is 9.48. The van der Waals surface area contributed by atoms with Crippen molar-refractivity contribution in [1.82, 2.24) is 0 Å². The monoisotopic (exact) mass is 536 g/mol. The van der Waals surface area contributed by atoms with Crippen molar-refractivity contribution in [3.63, 3.8) is 0 Å². The second kappa shape index (κ2) is 12.2. The summed E-state index contributed by atoms with van der Waals surface area (Å²) in [7, 11) is 1.25. The zero-order chi connectivity index (χ0) is 27.4. The lowest BCUT2D eigenvalue weighted by molar-refractivity contribution is -0.342. The average molecular weight is 537 g/mol. The minimum atomic E-state index is -1.64. The fourth-order valence-electron chi connectivity index (χ4n) is 5.13. The van der Waals surface area contributed by atoms with Crippen molar-refractivity contribution in [3.8, 4) is 5.75 Å². The predicted molar refractivity (Wildman–Crippen MR) is 128 cm³/mol. The van der Waals surface area contributed by atoms with Gasteiger partial charge >= 0.3 is 11.9 Å². The van der Waals surface area contributed by atoms with Crippen LogP contribution < -0.4 is 0 Å². The van der Waals surface area contributed by atoms with Gasteiger partial charge in [0.25, 0.3) is 0 Å². The number of hydrogen-bond donors (Lipinski definition) is 5. The molecule has 2 aliphatic heterocycles. The molecule has 12 heteroatoms. The number of esters is 2. The van der Waals surface area contributed by atoms with Gasteiger partial charge in [0, 0.05) is 23.8 Å². The maximum absolute atomic E-state index is 12.4. The molecule has 1 aliphatic carbocycles. The highest BCUT2D eigenvalue weighted by Crippen LogP contribution is 2.47. The van der Waals surface area contributed by atoms with Gasteiger partial charge in [0.15, 0.2) is 6.29 Å². The Morgan fingerprint density at radius 3 is 2.47 bits per heavy atom. The summed E-state index contributed by atoms with van der Waals surface area (Å²) in [5.74, 6) is -2.21. The highest BCUT2D eigenvalue weighted by molar-refractivity contribution is 5.89. The Balaban J connectivity index is 1.46. The van der Waals surface area contributed by atoms with Crippen molar-refractivity contribution in [1.29, 1.82) is 0 Å². The number of methoxy groups -OCH3 is 1. The third kappa shape index (κ3) is 6.01. The number of hydrogen-bond acceptors (Lipinski definition) is 12. The van der Waals surface area contributed by atoms with E-state index in [4.69, 9.17) is 23.7 Å². The van der Waals surface area contributed by atoms with Crippen LogP contribution in [-0.2, 0) is 33.3 Å². The van der Waals surface area contributed by atoms with Gasteiger partial charge < -0.3 is 49.2 Å². The number of phenolic OH excluding ortho intramolecular Hbond substituents is 1. The topological polar surface area (TPSA) is 181 Å². The molecule has 4 rings (SSSR count). The van der Waals surface area contributed by atoms with E-state index in [9.17, 15) is 35.1 Å². The molecule has 1 aromatic rings. The van der Waals surface area contributed by atoms with Gasteiger partial charge in [-0.2, -0.15) is 0 Å². The van der Waals surface area contributed by atoms with Crippen LogP contribution in [0.25, 0.3) is 6.08 Å². The smallest absolute Gasteiger partial charge is 0.337 e. The van der Waals surface area contributed by atoms with E-state index < -0.39 is 61.5 Å². The minimum Gasteiger partial charge on any atom is -0.508 e. The normalized spacial score (nSPS) is 34.8. The molecule has 0 unspecified atom stereocenters. The van der Waals surface area contributed by atoms with Gasteiger partial charge in [0.05, 0.1) is 32.2 Å². The zero-order valence-electron chi connectivity index (χ0n) is 20.7. The Labute approximate surface area is 218 Å². The first-order valence-corrected chi connectivity index (χ1v) is 12.3. The number of phenols is 1. The molecule has 208 valence electrons. The van der Waals surface area contributed by atoms with E-state index in [1.165, 1.54) is 31.6 Å². The molecule has 38 heavy (non-hydrogen) atoms. The van der Waals surface area contributed by atoms with Crippen molar-refractivity contribution >= 4 is 18.0 Å². The molecule has 3 aliphatic rings. The molecule has 0 bridgehead atoms. The van der Waals surface area contributed by atoms with Crippen LogP contribution in [0.5, 0.6) is 5.75 Å². The zero-order valence-corrected chi connectivity index (χ0v) is 20.7. The van der Waals surface area contributed by atoms with Crippen molar-refractivity contribution in [2.75, 3.05) is 20.3 Å². The van der Waals surface area contributed by atoms with Gasteiger partial charge in [-0.1, -0.05) is 12.1 Å². The number of carbonyl (C=O) groups is 2. The van der Waals surface area contributed by atoms with E-state index in [1.54, 1.807) is 18.2 Å². The number of benzene rings is 1. The van der Waals surface area contributed by atoms with Crippen LogP contribution in [-0.4, -0.2) is 94.8 Å². The molecular weight excluding hydrogens is 504 g/mol.